The average Bonchev–Trinajstić information content (AvgIpc) is 2.26. The summed E-state index contributed by atoms with van der Waals surface area (Å²) in [5.74, 6) is 0.324. The van der Waals surface area contributed by atoms with E-state index in [4.69, 9.17) is 0 Å². The van der Waals surface area contributed by atoms with Crippen molar-refractivity contribution in [3.63, 3.8) is 0 Å². The summed E-state index contributed by atoms with van der Waals surface area (Å²) in [5.41, 5.74) is 0.403. The zero-order chi connectivity index (χ0) is 9.30. The number of halogens is 1. The maximum atomic E-state index is 11.1. The van der Waals surface area contributed by atoms with Gasteiger partial charge in [-0.1, -0.05) is 0 Å². The average molecular weight is 251 g/mol. The predicted octanol–water partition coefficient (Wildman–Crippen LogP) is 1.38. The van der Waals surface area contributed by atoms with Crippen LogP contribution in [0.1, 0.15) is 16.3 Å². The van der Waals surface area contributed by atoms with Gasteiger partial charge in [0.2, 0.25) is 0 Å². The molecule has 0 N–H and O–H groups in total. The smallest absolute Gasteiger partial charge is 0.357 e. The monoisotopic (exact) mass is 250 g/mol. The summed E-state index contributed by atoms with van der Waals surface area (Å²) in [6.07, 6.45) is 0. The van der Waals surface area contributed by atoms with Crippen molar-refractivity contribution in [3.8, 4) is 0 Å². The van der Waals surface area contributed by atoms with Gasteiger partial charge in [-0.3, -0.25) is 0 Å². The molecule has 66 valence electrons. The molecule has 0 aliphatic carbocycles. The highest BCUT2D eigenvalue weighted by Gasteiger charge is 2.17. The van der Waals surface area contributed by atoms with Crippen LogP contribution in [-0.4, -0.2) is 22.4 Å². The van der Waals surface area contributed by atoms with E-state index in [1.807, 2.05) is 0 Å². The summed E-state index contributed by atoms with van der Waals surface area (Å²) in [6.45, 7) is 1.80. The summed E-state index contributed by atoms with van der Waals surface area (Å²) in [4.78, 5) is 15.2. The lowest BCUT2D eigenvalue weighted by Gasteiger charge is -2.00. The van der Waals surface area contributed by atoms with Gasteiger partial charge in [-0.05, 0) is 32.2 Å². The molecule has 1 heterocycles. The van der Waals surface area contributed by atoms with E-state index in [9.17, 15) is 4.79 Å². The maximum Gasteiger partial charge on any atom is 0.357 e. The fraction of sp³-hybridized carbons (Fsp3) is 0.333. The number of hydrogen-bond acceptors (Lipinski definition) is 3. The Hall–Kier alpha value is -0.410. The zero-order valence-corrected chi connectivity index (χ0v) is 9.41. The van der Waals surface area contributed by atoms with Crippen LogP contribution < -0.4 is 0 Å². The number of carbonyl (C=O) groups is 1. The Labute approximate surface area is 80.7 Å². The Morgan fingerprint density at radius 3 is 2.67 bits per heavy atom. The number of rotatable bonds is 1. The summed E-state index contributed by atoms with van der Waals surface area (Å²) >= 11 is 3.16. The van der Waals surface area contributed by atoms with Crippen molar-refractivity contribution in [2.75, 3.05) is 7.11 Å². The van der Waals surface area contributed by atoms with Gasteiger partial charge < -0.3 is 9.07 Å². The van der Waals surface area contributed by atoms with E-state index in [0.29, 0.717) is 10.3 Å². The molecule has 4 nitrogen and oxygen atoms in total. The van der Waals surface area contributed by atoms with Gasteiger partial charge in [0, 0.05) is 0 Å². The van der Waals surface area contributed by atoms with Crippen molar-refractivity contribution in [2.45, 2.75) is 6.92 Å². The normalized spacial score (nSPS) is 10.0. The highest BCUT2D eigenvalue weighted by atomic mass is 79.9. The number of aryl methyl sites for hydroxylation is 1. The third kappa shape index (κ3) is 1.52. The lowest BCUT2D eigenvalue weighted by Crippen LogP contribution is -2.05. The summed E-state index contributed by atoms with van der Waals surface area (Å²) < 4.78 is 6.66. The van der Waals surface area contributed by atoms with Crippen LogP contribution in [0.5, 0.6) is 0 Å². The number of nitrogens with zero attached hydrogens (tertiary/aromatic N) is 2. The number of ether oxygens (including phenoxy) is 1. The molecule has 0 saturated carbocycles. The van der Waals surface area contributed by atoms with Crippen LogP contribution in [0.15, 0.2) is 4.60 Å². The maximum absolute atomic E-state index is 11.1. The van der Waals surface area contributed by atoms with Crippen molar-refractivity contribution in [1.82, 2.24) is 9.32 Å². The summed E-state index contributed by atoms with van der Waals surface area (Å²) in [5, 5.41) is 0. The first-order valence-corrected chi connectivity index (χ1v) is 4.47. The Bertz CT molecular complexity index is 324. The third-order valence-electron chi connectivity index (χ3n) is 1.42. The quantitative estimate of drug-likeness (QED) is 0.559. The Morgan fingerprint density at radius 1 is 1.75 bits per heavy atom. The molecule has 0 amide bonds. The van der Waals surface area contributed by atoms with Crippen LogP contribution in [0, 0.1) is 6.92 Å². The van der Waals surface area contributed by atoms with Gasteiger partial charge in [-0.25, -0.2) is 9.78 Å². The minimum absolute atomic E-state index is 0.403. The van der Waals surface area contributed by atoms with Gasteiger partial charge in [0.05, 0.1) is 7.11 Å². The van der Waals surface area contributed by atoms with Crippen molar-refractivity contribution < 1.29 is 9.53 Å². The second-order valence-corrected chi connectivity index (χ2v) is 3.43. The molecule has 12 heavy (non-hydrogen) atoms. The van der Waals surface area contributed by atoms with E-state index in [0.717, 1.165) is 5.82 Å². The van der Waals surface area contributed by atoms with E-state index in [2.05, 4.69) is 35.0 Å². The van der Waals surface area contributed by atoms with Crippen LogP contribution in [0.2, 0.25) is 0 Å². The van der Waals surface area contributed by atoms with Crippen LogP contribution in [0.3, 0.4) is 0 Å². The van der Waals surface area contributed by atoms with Gasteiger partial charge in [0.15, 0.2) is 5.69 Å². The predicted molar refractivity (Wildman–Crippen MR) is 51.1 cm³/mol. The molecule has 0 spiro atoms. The molecule has 0 aromatic carbocycles. The lowest BCUT2D eigenvalue weighted by atomic mass is 10.5. The molecular formula is C6H8BrN2O2P. The first-order chi connectivity index (χ1) is 5.57. The van der Waals surface area contributed by atoms with E-state index in [-0.39, 0.29) is 0 Å². The van der Waals surface area contributed by atoms with Crippen LogP contribution in [0.4, 0.5) is 0 Å². The number of esters is 1. The number of aromatic nitrogens is 2. The second kappa shape index (κ2) is 3.54. The molecule has 0 saturated heterocycles. The molecule has 0 aliphatic heterocycles. The minimum Gasteiger partial charge on any atom is -0.464 e. The molecule has 0 radical (unpaired) electrons. The molecule has 1 aromatic rings. The van der Waals surface area contributed by atoms with Gasteiger partial charge in [-0.2, -0.15) is 0 Å². The molecule has 0 aliphatic rings. The van der Waals surface area contributed by atoms with Crippen LogP contribution >= 0.6 is 25.3 Å². The summed E-state index contributed by atoms with van der Waals surface area (Å²) in [7, 11) is 3.72. The second-order valence-electron chi connectivity index (χ2n) is 2.16. The van der Waals surface area contributed by atoms with E-state index in [1.54, 1.807) is 11.3 Å². The molecule has 1 rings (SSSR count). The van der Waals surface area contributed by atoms with Gasteiger partial charge in [0.25, 0.3) is 0 Å². The molecular weight excluding hydrogens is 243 g/mol. The van der Waals surface area contributed by atoms with Crippen molar-refractivity contribution in [2.24, 2.45) is 0 Å². The fourth-order valence-corrected chi connectivity index (χ4v) is 1.87. The highest BCUT2D eigenvalue weighted by molar-refractivity contribution is 9.10. The highest BCUT2D eigenvalue weighted by Crippen LogP contribution is 2.20. The molecule has 1 unspecified atom stereocenters. The van der Waals surface area contributed by atoms with Crippen molar-refractivity contribution in [3.05, 3.63) is 16.1 Å². The summed E-state index contributed by atoms with van der Waals surface area (Å²) in [6, 6.07) is 0. The Morgan fingerprint density at radius 2 is 2.33 bits per heavy atom. The molecule has 6 heteroatoms. The standard InChI is InChI=1S/C6H8BrN2O2P/c1-3-8-5(7)4(9(3)12)6(10)11-2/h12H2,1-2H3. The van der Waals surface area contributed by atoms with Gasteiger partial charge in [0.1, 0.15) is 10.4 Å². The third-order valence-corrected chi connectivity index (χ3v) is 2.61. The molecule has 0 bridgehead atoms. The molecule has 1 aromatic heterocycles. The van der Waals surface area contributed by atoms with E-state index in [1.165, 1.54) is 7.11 Å². The first kappa shape index (κ1) is 9.68. The van der Waals surface area contributed by atoms with Crippen LogP contribution in [-0.2, 0) is 4.74 Å². The largest absolute Gasteiger partial charge is 0.464 e. The van der Waals surface area contributed by atoms with E-state index >= 15 is 0 Å². The van der Waals surface area contributed by atoms with Crippen molar-refractivity contribution >= 4 is 31.3 Å². The fourth-order valence-electron chi connectivity index (χ4n) is 0.789. The topological polar surface area (TPSA) is 44.1 Å². The molecule has 1 atom stereocenters. The van der Waals surface area contributed by atoms with Crippen molar-refractivity contribution in [1.29, 1.82) is 0 Å². The number of methoxy groups -OCH3 is 1. The lowest BCUT2D eigenvalue weighted by molar-refractivity contribution is 0.0592. The van der Waals surface area contributed by atoms with Gasteiger partial charge in [-0.15, -0.1) is 0 Å². The van der Waals surface area contributed by atoms with E-state index < -0.39 is 5.97 Å². The van der Waals surface area contributed by atoms with Gasteiger partial charge >= 0.3 is 5.97 Å². The molecule has 0 fully saturated rings. The number of hydrogen-bond donors (Lipinski definition) is 0. The Kier molecular flexibility index (Phi) is 2.85. The first-order valence-electron chi connectivity index (χ1n) is 3.16. The number of carbonyl (C=O) groups excluding carboxylic acids is 1. The zero-order valence-electron chi connectivity index (χ0n) is 6.67. The number of imidazole rings is 1. The SMILES string of the molecule is COC(=O)c1c(Br)nc(C)n1P. The Balaban J connectivity index is 3.22. The van der Waals surface area contributed by atoms with Crippen LogP contribution in [0.25, 0.3) is 0 Å². The minimum atomic E-state index is -0.405.